The van der Waals surface area contributed by atoms with Crippen molar-refractivity contribution in [3.8, 4) is 0 Å². The van der Waals surface area contributed by atoms with Crippen LogP contribution in [-0.2, 0) is 4.74 Å². The molecule has 0 radical (unpaired) electrons. The average molecular weight is 248 g/mol. The van der Waals surface area contributed by atoms with Gasteiger partial charge in [-0.1, -0.05) is 40.0 Å². The topological polar surface area (TPSA) is 9.23 Å². The zero-order valence-electron chi connectivity index (χ0n) is 11.3. The fourth-order valence-electron chi connectivity index (χ4n) is 2.42. The largest absolute Gasteiger partial charge is 0.369 e. The molecule has 1 rings (SSSR count). The third-order valence-corrected chi connectivity index (χ3v) is 3.54. The highest BCUT2D eigenvalue weighted by Gasteiger charge is 2.40. The molecule has 0 amide bonds. The maximum atomic E-state index is 13.8. The van der Waals surface area contributed by atoms with Gasteiger partial charge in [-0.25, -0.2) is 8.78 Å². The Morgan fingerprint density at radius 1 is 1.18 bits per heavy atom. The fourth-order valence-corrected chi connectivity index (χ4v) is 2.42. The SMILES string of the molecule is CCC(F)(F)C(CC(C)C)OC1CCCCC1. The molecule has 0 N–H and O–H groups in total. The first kappa shape index (κ1) is 14.9. The van der Waals surface area contributed by atoms with E-state index in [2.05, 4.69) is 0 Å². The maximum Gasteiger partial charge on any atom is 0.273 e. The summed E-state index contributed by atoms with van der Waals surface area (Å²) in [6, 6.07) is 0. The van der Waals surface area contributed by atoms with E-state index in [1.807, 2.05) is 13.8 Å². The lowest BCUT2D eigenvalue weighted by Gasteiger charge is -2.33. The van der Waals surface area contributed by atoms with Crippen LogP contribution in [0.5, 0.6) is 0 Å². The number of ether oxygens (including phenoxy) is 1. The second-order valence-corrected chi connectivity index (χ2v) is 5.63. The van der Waals surface area contributed by atoms with Crippen molar-refractivity contribution in [2.75, 3.05) is 0 Å². The normalized spacial score (nSPS) is 20.8. The van der Waals surface area contributed by atoms with E-state index in [-0.39, 0.29) is 18.4 Å². The van der Waals surface area contributed by atoms with Gasteiger partial charge in [-0.05, 0) is 25.2 Å². The molecule has 0 heterocycles. The predicted molar refractivity (Wildman–Crippen MR) is 66.4 cm³/mol. The Morgan fingerprint density at radius 3 is 2.24 bits per heavy atom. The zero-order chi connectivity index (χ0) is 12.9. The lowest BCUT2D eigenvalue weighted by atomic mass is 9.95. The summed E-state index contributed by atoms with van der Waals surface area (Å²) in [5.74, 6) is -2.43. The molecule has 0 bridgehead atoms. The highest BCUT2D eigenvalue weighted by molar-refractivity contribution is 4.80. The summed E-state index contributed by atoms with van der Waals surface area (Å²) in [6.45, 7) is 5.49. The number of hydrogen-bond acceptors (Lipinski definition) is 1. The molecule has 102 valence electrons. The third-order valence-electron chi connectivity index (χ3n) is 3.54. The predicted octanol–water partition coefficient (Wildman–Crippen LogP) is 4.80. The molecule has 1 atom stereocenters. The van der Waals surface area contributed by atoms with Crippen molar-refractivity contribution in [3.63, 3.8) is 0 Å². The van der Waals surface area contributed by atoms with Gasteiger partial charge in [-0.15, -0.1) is 0 Å². The summed E-state index contributed by atoms with van der Waals surface area (Å²) >= 11 is 0. The van der Waals surface area contributed by atoms with Crippen molar-refractivity contribution in [1.29, 1.82) is 0 Å². The van der Waals surface area contributed by atoms with Crippen LogP contribution in [0.25, 0.3) is 0 Å². The van der Waals surface area contributed by atoms with E-state index in [0.29, 0.717) is 6.42 Å². The molecule has 0 aromatic rings. The molecule has 17 heavy (non-hydrogen) atoms. The summed E-state index contributed by atoms with van der Waals surface area (Å²) in [5, 5.41) is 0. The molecule has 0 aliphatic heterocycles. The fraction of sp³-hybridized carbons (Fsp3) is 1.00. The second-order valence-electron chi connectivity index (χ2n) is 5.63. The molecule has 1 saturated carbocycles. The third kappa shape index (κ3) is 4.90. The van der Waals surface area contributed by atoms with E-state index < -0.39 is 12.0 Å². The molecule has 3 heteroatoms. The van der Waals surface area contributed by atoms with Gasteiger partial charge in [0.2, 0.25) is 0 Å². The molecule has 1 fully saturated rings. The highest BCUT2D eigenvalue weighted by atomic mass is 19.3. The van der Waals surface area contributed by atoms with Gasteiger partial charge in [0.25, 0.3) is 5.92 Å². The van der Waals surface area contributed by atoms with Crippen LogP contribution in [0.15, 0.2) is 0 Å². The highest BCUT2D eigenvalue weighted by Crippen LogP contribution is 2.33. The van der Waals surface area contributed by atoms with Gasteiger partial charge in [-0.3, -0.25) is 0 Å². The zero-order valence-corrected chi connectivity index (χ0v) is 11.3. The monoisotopic (exact) mass is 248 g/mol. The van der Waals surface area contributed by atoms with Gasteiger partial charge >= 0.3 is 0 Å². The van der Waals surface area contributed by atoms with Gasteiger partial charge in [-0.2, -0.15) is 0 Å². The second kappa shape index (κ2) is 6.67. The quantitative estimate of drug-likeness (QED) is 0.656. The molecule has 0 aromatic carbocycles. The number of alkyl halides is 2. The minimum absolute atomic E-state index is 0.0601. The van der Waals surface area contributed by atoms with E-state index in [1.54, 1.807) is 0 Å². The Labute approximate surface area is 104 Å². The van der Waals surface area contributed by atoms with Gasteiger partial charge in [0, 0.05) is 6.42 Å². The summed E-state index contributed by atoms with van der Waals surface area (Å²) < 4.78 is 33.3. The standard InChI is InChI=1S/C14H26F2O/c1-4-14(15,16)13(10-11(2)3)17-12-8-6-5-7-9-12/h11-13H,4-10H2,1-3H3. The van der Waals surface area contributed by atoms with Crippen LogP contribution >= 0.6 is 0 Å². The van der Waals surface area contributed by atoms with Crippen LogP contribution < -0.4 is 0 Å². The van der Waals surface area contributed by atoms with Crippen LogP contribution in [0.3, 0.4) is 0 Å². The van der Waals surface area contributed by atoms with E-state index in [4.69, 9.17) is 4.74 Å². The van der Waals surface area contributed by atoms with E-state index in [1.165, 1.54) is 13.3 Å². The van der Waals surface area contributed by atoms with Crippen molar-refractivity contribution in [3.05, 3.63) is 0 Å². The van der Waals surface area contributed by atoms with Crippen molar-refractivity contribution >= 4 is 0 Å². The Balaban J connectivity index is 2.55. The van der Waals surface area contributed by atoms with Crippen molar-refractivity contribution in [1.82, 2.24) is 0 Å². The number of hydrogen-bond donors (Lipinski definition) is 0. The molecule has 0 spiro atoms. The minimum atomic E-state index is -2.68. The number of halogens is 2. The van der Waals surface area contributed by atoms with Crippen LogP contribution in [0.4, 0.5) is 8.78 Å². The maximum absolute atomic E-state index is 13.8. The molecule has 1 aliphatic rings. The Morgan fingerprint density at radius 2 is 1.76 bits per heavy atom. The molecular formula is C14H26F2O. The lowest BCUT2D eigenvalue weighted by molar-refractivity contribution is -0.171. The molecule has 1 aliphatic carbocycles. The Bertz CT molecular complexity index is 210. The summed E-state index contributed by atoms with van der Waals surface area (Å²) in [4.78, 5) is 0. The van der Waals surface area contributed by atoms with Crippen molar-refractivity contribution in [2.24, 2.45) is 5.92 Å². The van der Waals surface area contributed by atoms with Crippen LogP contribution in [0.1, 0.15) is 65.7 Å². The van der Waals surface area contributed by atoms with E-state index in [9.17, 15) is 8.78 Å². The lowest BCUT2D eigenvalue weighted by Crippen LogP contribution is -2.39. The molecular weight excluding hydrogens is 222 g/mol. The first-order chi connectivity index (χ1) is 7.95. The first-order valence-corrected chi connectivity index (χ1v) is 6.99. The Kier molecular flexibility index (Phi) is 5.84. The van der Waals surface area contributed by atoms with Gasteiger partial charge in [0.05, 0.1) is 6.10 Å². The molecule has 0 saturated heterocycles. The molecule has 1 unspecified atom stereocenters. The summed E-state index contributed by atoms with van der Waals surface area (Å²) in [6.07, 6.45) is 4.87. The van der Waals surface area contributed by atoms with Crippen LogP contribution in [-0.4, -0.2) is 18.1 Å². The van der Waals surface area contributed by atoms with E-state index in [0.717, 1.165) is 25.7 Å². The van der Waals surface area contributed by atoms with Gasteiger partial charge in [0.1, 0.15) is 6.10 Å². The summed E-state index contributed by atoms with van der Waals surface area (Å²) in [5.41, 5.74) is 0. The van der Waals surface area contributed by atoms with Crippen molar-refractivity contribution < 1.29 is 13.5 Å². The smallest absolute Gasteiger partial charge is 0.273 e. The van der Waals surface area contributed by atoms with Crippen molar-refractivity contribution in [2.45, 2.75) is 83.8 Å². The average Bonchev–Trinajstić information content (AvgIpc) is 2.29. The summed E-state index contributed by atoms with van der Waals surface area (Å²) in [7, 11) is 0. The Hall–Kier alpha value is -0.180. The van der Waals surface area contributed by atoms with Crippen LogP contribution in [0, 0.1) is 5.92 Å². The van der Waals surface area contributed by atoms with E-state index >= 15 is 0 Å². The van der Waals surface area contributed by atoms with Gasteiger partial charge < -0.3 is 4.74 Å². The minimum Gasteiger partial charge on any atom is -0.369 e. The van der Waals surface area contributed by atoms with Crippen LogP contribution in [0.2, 0.25) is 0 Å². The first-order valence-electron chi connectivity index (χ1n) is 6.99. The number of rotatable bonds is 6. The molecule has 0 aromatic heterocycles. The molecule has 1 nitrogen and oxygen atoms in total. The van der Waals surface area contributed by atoms with Gasteiger partial charge in [0.15, 0.2) is 0 Å².